The summed E-state index contributed by atoms with van der Waals surface area (Å²) in [6.07, 6.45) is 0.812. The van der Waals surface area contributed by atoms with E-state index in [0.717, 1.165) is 36.5 Å². The number of benzene rings is 2. The first-order chi connectivity index (χ1) is 14.6. The minimum absolute atomic E-state index is 0.188. The molecule has 1 aliphatic heterocycles. The number of methoxy groups -OCH3 is 1. The van der Waals surface area contributed by atoms with Crippen molar-refractivity contribution >= 4 is 17.6 Å². The first-order valence-electron chi connectivity index (χ1n) is 10.1. The summed E-state index contributed by atoms with van der Waals surface area (Å²) in [5, 5.41) is 0. The Morgan fingerprint density at radius 2 is 1.63 bits per heavy atom. The fraction of sp³-hybridized carbons (Fsp3) is 0.391. The Morgan fingerprint density at radius 1 is 0.933 bits per heavy atom. The monoisotopic (exact) mass is 412 g/mol. The number of nitrogens with zero attached hydrogens (tertiary/aromatic N) is 2. The van der Waals surface area contributed by atoms with Crippen LogP contribution in [0.15, 0.2) is 48.5 Å². The molecule has 0 N–H and O–H groups in total. The molecule has 2 aromatic rings. The number of anilines is 1. The fourth-order valence-corrected chi connectivity index (χ4v) is 3.36. The maximum atomic E-state index is 12.4. The molecular formula is C23H28N2O5. The number of amides is 1. The summed E-state index contributed by atoms with van der Waals surface area (Å²) in [5.74, 6) is 0.743. The van der Waals surface area contributed by atoms with Crippen molar-refractivity contribution in [2.75, 3.05) is 51.4 Å². The van der Waals surface area contributed by atoms with Crippen LogP contribution in [0.5, 0.6) is 11.5 Å². The molecule has 0 spiro atoms. The van der Waals surface area contributed by atoms with E-state index in [0.29, 0.717) is 18.8 Å². The van der Waals surface area contributed by atoms with Crippen molar-refractivity contribution < 1.29 is 23.8 Å². The van der Waals surface area contributed by atoms with Gasteiger partial charge in [-0.05, 0) is 42.3 Å². The number of hydrogen-bond donors (Lipinski definition) is 0. The van der Waals surface area contributed by atoms with Gasteiger partial charge in [0.15, 0.2) is 13.2 Å². The van der Waals surface area contributed by atoms with Crippen molar-refractivity contribution in [3.05, 3.63) is 54.1 Å². The van der Waals surface area contributed by atoms with E-state index >= 15 is 0 Å². The lowest BCUT2D eigenvalue weighted by Gasteiger charge is -2.36. The molecule has 7 heteroatoms. The lowest BCUT2D eigenvalue weighted by Crippen LogP contribution is -2.50. The lowest BCUT2D eigenvalue weighted by atomic mass is 10.1. The highest BCUT2D eigenvalue weighted by Gasteiger charge is 2.22. The average molecular weight is 412 g/mol. The third kappa shape index (κ3) is 5.65. The maximum Gasteiger partial charge on any atom is 0.344 e. The number of carbonyl (C=O) groups excluding carboxylic acids is 2. The molecule has 1 heterocycles. The number of aryl methyl sites for hydroxylation is 1. The van der Waals surface area contributed by atoms with Crippen molar-refractivity contribution in [2.24, 2.45) is 0 Å². The van der Waals surface area contributed by atoms with E-state index in [2.05, 4.69) is 4.90 Å². The molecule has 160 valence electrons. The predicted octanol–water partition coefficient (Wildman–Crippen LogP) is 2.53. The van der Waals surface area contributed by atoms with E-state index < -0.39 is 5.97 Å². The van der Waals surface area contributed by atoms with E-state index in [9.17, 15) is 9.59 Å². The minimum atomic E-state index is -0.550. The number of hydrogen-bond acceptors (Lipinski definition) is 6. The summed E-state index contributed by atoms with van der Waals surface area (Å²) in [5.41, 5.74) is 2.12. The van der Waals surface area contributed by atoms with Crippen LogP contribution in [0.25, 0.3) is 0 Å². The molecule has 1 aliphatic rings. The van der Waals surface area contributed by atoms with Gasteiger partial charge in [0, 0.05) is 31.9 Å². The number of ether oxygens (including phenoxy) is 3. The van der Waals surface area contributed by atoms with Gasteiger partial charge in [0.1, 0.15) is 11.5 Å². The second-order valence-electron chi connectivity index (χ2n) is 6.98. The average Bonchev–Trinajstić information content (AvgIpc) is 2.81. The van der Waals surface area contributed by atoms with E-state index in [1.54, 1.807) is 12.0 Å². The Hall–Kier alpha value is -3.22. The number of para-hydroxylation sites is 1. The van der Waals surface area contributed by atoms with Crippen molar-refractivity contribution in [3.63, 3.8) is 0 Å². The summed E-state index contributed by atoms with van der Waals surface area (Å²) in [7, 11) is 1.64. The van der Waals surface area contributed by atoms with Crippen LogP contribution in [-0.2, 0) is 20.7 Å². The Morgan fingerprint density at radius 3 is 2.30 bits per heavy atom. The van der Waals surface area contributed by atoms with Crippen molar-refractivity contribution in [1.29, 1.82) is 0 Å². The van der Waals surface area contributed by atoms with Gasteiger partial charge < -0.3 is 24.0 Å². The van der Waals surface area contributed by atoms with Gasteiger partial charge in [-0.2, -0.15) is 0 Å². The standard InChI is InChI=1S/C23H28N2O5/c1-3-18-6-4-5-7-21(18)29-17-23(27)30-16-22(26)25-14-12-24(13-15-25)19-8-10-20(28-2)11-9-19/h4-11H,3,12-17H2,1-2H3. The first kappa shape index (κ1) is 21.5. The Bertz CT molecular complexity index is 845. The smallest absolute Gasteiger partial charge is 0.344 e. The second kappa shape index (κ2) is 10.5. The Labute approximate surface area is 177 Å². The molecule has 1 amide bonds. The van der Waals surface area contributed by atoms with Crippen molar-refractivity contribution in [2.45, 2.75) is 13.3 Å². The van der Waals surface area contributed by atoms with E-state index in [1.807, 2.05) is 55.5 Å². The van der Waals surface area contributed by atoms with Crippen LogP contribution in [0.3, 0.4) is 0 Å². The molecule has 3 rings (SSSR count). The third-order valence-electron chi connectivity index (χ3n) is 5.13. The molecule has 0 aliphatic carbocycles. The molecule has 0 radical (unpaired) electrons. The van der Waals surface area contributed by atoms with Gasteiger partial charge in [0.2, 0.25) is 0 Å². The molecular weight excluding hydrogens is 384 g/mol. The van der Waals surface area contributed by atoms with Crippen molar-refractivity contribution in [1.82, 2.24) is 4.90 Å². The van der Waals surface area contributed by atoms with Crippen LogP contribution < -0.4 is 14.4 Å². The van der Waals surface area contributed by atoms with Crippen LogP contribution in [0.1, 0.15) is 12.5 Å². The van der Waals surface area contributed by atoms with E-state index in [1.165, 1.54) is 0 Å². The molecule has 0 saturated carbocycles. The molecule has 1 saturated heterocycles. The zero-order valence-corrected chi connectivity index (χ0v) is 17.5. The third-order valence-corrected chi connectivity index (χ3v) is 5.13. The van der Waals surface area contributed by atoms with E-state index in [-0.39, 0.29) is 19.1 Å². The molecule has 2 aromatic carbocycles. The Kier molecular flexibility index (Phi) is 7.54. The summed E-state index contributed by atoms with van der Waals surface area (Å²) in [4.78, 5) is 28.3. The SMILES string of the molecule is CCc1ccccc1OCC(=O)OCC(=O)N1CCN(c2ccc(OC)cc2)CC1. The van der Waals surface area contributed by atoms with Gasteiger partial charge in [-0.25, -0.2) is 4.79 Å². The second-order valence-corrected chi connectivity index (χ2v) is 6.98. The first-order valence-corrected chi connectivity index (χ1v) is 10.1. The predicted molar refractivity (Wildman–Crippen MR) is 114 cm³/mol. The zero-order valence-electron chi connectivity index (χ0n) is 17.5. The van der Waals surface area contributed by atoms with Crippen LogP contribution in [0.2, 0.25) is 0 Å². The van der Waals surface area contributed by atoms with Gasteiger partial charge >= 0.3 is 5.97 Å². The summed E-state index contributed by atoms with van der Waals surface area (Å²) < 4.78 is 15.8. The number of piperazine rings is 1. The van der Waals surface area contributed by atoms with Crippen LogP contribution in [0, 0.1) is 0 Å². The lowest BCUT2D eigenvalue weighted by molar-refractivity contribution is -0.153. The minimum Gasteiger partial charge on any atom is -0.497 e. The van der Waals surface area contributed by atoms with Gasteiger partial charge in [0.05, 0.1) is 7.11 Å². The number of esters is 1. The van der Waals surface area contributed by atoms with Crippen LogP contribution in [-0.4, -0.2) is 63.3 Å². The van der Waals surface area contributed by atoms with Gasteiger partial charge in [-0.3, -0.25) is 4.79 Å². The summed E-state index contributed by atoms with van der Waals surface area (Å²) >= 11 is 0. The van der Waals surface area contributed by atoms with Gasteiger partial charge in [-0.15, -0.1) is 0 Å². The maximum absolute atomic E-state index is 12.4. The molecule has 0 aromatic heterocycles. The van der Waals surface area contributed by atoms with E-state index in [4.69, 9.17) is 14.2 Å². The molecule has 0 atom stereocenters. The topological polar surface area (TPSA) is 68.3 Å². The number of carbonyl (C=O) groups is 2. The Balaban J connectivity index is 1.39. The highest BCUT2D eigenvalue weighted by Crippen LogP contribution is 2.21. The zero-order chi connectivity index (χ0) is 21.3. The fourth-order valence-electron chi connectivity index (χ4n) is 3.36. The molecule has 7 nitrogen and oxygen atoms in total. The normalized spacial score (nSPS) is 13.7. The molecule has 0 unspecified atom stereocenters. The van der Waals surface area contributed by atoms with Crippen molar-refractivity contribution in [3.8, 4) is 11.5 Å². The molecule has 1 fully saturated rings. The summed E-state index contributed by atoms with van der Waals surface area (Å²) in [6, 6.07) is 15.4. The van der Waals surface area contributed by atoms with Crippen LogP contribution >= 0.6 is 0 Å². The quantitative estimate of drug-likeness (QED) is 0.621. The highest BCUT2D eigenvalue weighted by atomic mass is 16.6. The van der Waals surface area contributed by atoms with Gasteiger partial charge in [-0.1, -0.05) is 25.1 Å². The highest BCUT2D eigenvalue weighted by molar-refractivity contribution is 5.81. The van der Waals surface area contributed by atoms with Crippen LogP contribution in [0.4, 0.5) is 5.69 Å². The molecule has 0 bridgehead atoms. The largest absolute Gasteiger partial charge is 0.497 e. The molecule has 30 heavy (non-hydrogen) atoms. The summed E-state index contributed by atoms with van der Waals surface area (Å²) in [6.45, 7) is 4.17. The number of rotatable bonds is 8. The van der Waals surface area contributed by atoms with Gasteiger partial charge in [0.25, 0.3) is 5.91 Å².